The molecule has 1 rings (SSSR count). The van der Waals surface area contributed by atoms with Crippen LogP contribution in [0.1, 0.15) is 20.3 Å². The fraction of sp³-hybridized carbons (Fsp3) is 0.778. The Morgan fingerprint density at radius 1 is 1.71 bits per heavy atom. The van der Waals surface area contributed by atoms with E-state index in [4.69, 9.17) is 0 Å². The van der Waals surface area contributed by atoms with Gasteiger partial charge in [0, 0.05) is 19.6 Å². The number of nitrogens with one attached hydrogen (secondary N) is 2. The van der Waals surface area contributed by atoms with E-state index in [0.717, 1.165) is 6.42 Å². The largest absolute Gasteiger partial charge is 0.353 e. The van der Waals surface area contributed by atoms with Gasteiger partial charge in [-0.05, 0) is 13.3 Å². The Bertz CT molecular complexity index is 230. The average molecular weight is 199 g/mol. The Labute approximate surface area is 83.8 Å². The highest BCUT2D eigenvalue weighted by atomic mass is 16.2. The Balaban J connectivity index is 2.49. The molecule has 2 N–H and O–H groups in total. The van der Waals surface area contributed by atoms with Crippen LogP contribution in [0.15, 0.2) is 0 Å². The molecule has 1 saturated heterocycles. The third-order valence-corrected chi connectivity index (χ3v) is 2.29. The molecule has 0 aromatic rings. The zero-order valence-corrected chi connectivity index (χ0v) is 8.67. The SMILES string of the molecule is CCCNC(=O)N1CCNC(=O)C1C. The van der Waals surface area contributed by atoms with Gasteiger partial charge in [0.25, 0.3) is 0 Å². The summed E-state index contributed by atoms with van der Waals surface area (Å²) in [7, 11) is 0. The molecule has 14 heavy (non-hydrogen) atoms. The highest BCUT2D eigenvalue weighted by Gasteiger charge is 2.28. The second kappa shape index (κ2) is 4.83. The van der Waals surface area contributed by atoms with E-state index in [9.17, 15) is 9.59 Å². The van der Waals surface area contributed by atoms with Crippen LogP contribution in [-0.4, -0.2) is 42.5 Å². The third-order valence-electron chi connectivity index (χ3n) is 2.29. The molecule has 1 atom stereocenters. The molecule has 1 fully saturated rings. The highest BCUT2D eigenvalue weighted by Crippen LogP contribution is 2.03. The van der Waals surface area contributed by atoms with Crippen molar-refractivity contribution in [3.63, 3.8) is 0 Å². The number of carbonyl (C=O) groups is 2. The van der Waals surface area contributed by atoms with Gasteiger partial charge in [-0.1, -0.05) is 6.92 Å². The lowest BCUT2D eigenvalue weighted by Crippen LogP contribution is -2.58. The lowest BCUT2D eigenvalue weighted by Gasteiger charge is -2.32. The monoisotopic (exact) mass is 199 g/mol. The van der Waals surface area contributed by atoms with E-state index in [2.05, 4.69) is 10.6 Å². The summed E-state index contributed by atoms with van der Waals surface area (Å²) in [6, 6.07) is -0.505. The van der Waals surface area contributed by atoms with Crippen molar-refractivity contribution in [1.29, 1.82) is 0 Å². The number of nitrogens with zero attached hydrogens (tertiary/aromatic N) is 1. The second-order valence-corrected chi connectivity index (χ2v) is 3.39. The number of carbonyl (C=O) groups excluding carboxylic acids is 2. The number of piperazine rings is 1. The molecule has 0 saturated carbocycles. The molecule has 0 radical (unpaired) electrons. The van der Waals surface area contributed by atoms with Crippen LogP contribution in [0.4, 0.5) is 4.79 Å². The van der Waals surface area contributed by atoms with E-state index in [0.29, 0.717) is 19.6 Å². The van der Waals surface area contributed by atoms with Crippen molar-refractivity contribution in [3.8, 4) is 0 Å². The maximum absolute atomic E-state index is 11.5. The van der Waals surface area contributed by atoms with Crippen molar-refractivity contribution < 1.29 is 9.59 Å². The molecular weight excluding hydrogens is 182 g/mol. The fourth-order valence-electron chi connectivity index (χ4n) is 1.39. The maximum Gasteiger partial charge on any atom is 0.318 e. The summed E-state index contributed by atoms with van der Waals surface area (Å²) < 4.78 is 0. The van der Waals surface area contributed by atoms with Crippen molar-refractivity contribution in [3.05, 3.63) is 0 Å². The molecule has 0 aromatic carbocycles. The molecule has 5 heteroatoms. The van der Waals surface area contributed by atoms with Gasteiger partial charge in [-0.3, -0.25) is 4.79 Å². The summed E-state index contributed by atoms with van der Waals surface area (Å²) in [4.78, 5) is 24.4. The first kappa shape index (κ1) is 10.8. The third kappa shape index (κ3) is 2.37. The quantitative estimate of drug-likeness (QED) is 0.653. The van der Waals surface area contributed by atoms with Gasteiger partial charge in [0.15, 0.2) is 0 Å². The van der Waals surface area contributed by atoms with Gasteiger partial charge >= 0.3 is 6.03 Å². The average Bonchev–Trinajstić information content (AvgIpc) is 2.18. The zero-order valence-electron chi connectivity index (χ0n) is 8.67. The summed E-state index contributed by atoms with van der Waals surface area (Å²) >= 11 is 0. The summed E-state index contributed by atoms with van der Waals surface area (Å²) in [5, 5.41) is 5.47. The van der Waals surface area contributed by atoms with E-state index < -0.39 is 0 Å². The topological polar surface area (TPSA) is 61.4 Å². The van der Waals surface area contributed by atoms with Gasteiger partial charge in [0.2, 0.25) is 5.91 Å². The van der Waals surface area contributed by atoms with Crippen LogP contribution in [-0.2, 0) is 4.79 Å². The predicted octanol–water partition coefficient (Wildman–Crippen LogP) is -0.0737. The second-order valence-electron chi connectivity index (χ2n) is 3.39. The number of amides is 3. The minimum atomic E-state index is -0.361. The van der Waals surface area contributed by atoms with Crippen molar-refractivity contribution in [2.24, 2.45) is 0 Å². The first-order chi connectivity index (χ1) is 6.66. The van der Waals surface area contributed by atoms with E-state index in [-0.39, 0.29) is 18.0 Å². The molecule has 5 nitrogen and oxygen atoms in total. The molecule has 1 unspecified atom stereocenters. The van der Waals surface area contributed by atoms with Crippen LogP contribution in [0.5, 0.6) is 0 Å². The Kier molecular flexibility index (Phi) is 3.73. The van der Waals surface area contributed by atoms with Gasteiger partial charge in [-0.25, -0.2) is 4.79 Å². The molecule has 1 aliphatic rings. The van der Waals surface area contributed by atoms with E-state index in [1.807, 2.05) is 6.92 Å². The summed E-state index contributed by atoms with van der Waals surface area (Å²) in [5.74, 6) is -0.0806. The smallest absolute Gasteiger partial charge is 0.318 e. The Morgan fingerprint density at radius 3 is 3.07 bits per heavy atom. The van der Waals surface area contributed by atoms with Crippen LogP contribution < -0.4 is 10.6 Å². The van der Waals surface area contributed by atoms with Crippen LogP contribution in [0.2, 0.25) is 0 Å². The van der Waals surface area contributed by atoms with Gasteiger partial charge in [0.05, 0.1) is 0 Å². The van der Waals surface area contributed by atoms with E-state index in [1.54, 1.807) is 11.8 Å². The Hall–Kier alpha value is -1.26. The van der Waals surface area contributed by atoms with Crippen LogP contribution in [0.3, 0.4) is 0 Å². The van der Waals surface area contributed by atoms with Gasteiger partial charge < -0.3 is 15.5 Å². The molecule has 1 aliphatic heterocycles. The molecule has 1 heterocycles. The van der Waals surface area contributed by atoms with Gasteiger partial charge in [-0.2, -0.15) is 0 Å². The van der Waals surface area contributed by atoms with Crippen LogP contribution in [0, 0.1) is 0 Å². The lowest BCUT2D eigenvalue weighted by molar-refractivity contribution is -0.126. The van der Waals surface area contributed by atoms with Crippen LogP contribution >= 0.6 is 0 Å². The summed E-state index contributed by atoms with van der Waals surface area (Å²) in [6.07, 6.45) is 0.903. The molecule has 0 aromatic heterocycles. The molecule has 3 amide bonds. The molecule has 0 aliphatic carbocycles. The lowest BCUT2D eigenvalue weighted by atomic mass is 10.2. The number of hydrogen-bond donors (Lipinski definition) is 2. The number of urea groups is 1. The molecule has 0 spiro atoms. The van der Waals surface area contributed by atoms with Gasteiger partial charge in [0.1, 0.15) is 6.04 Å². The minimum Gasteiger partial charge on any atom is -0.353 e. The Morgan fingerprint density at radius 2 is 2.43 bits per heavy atom. The normalized spacial score (nSPS) is 21.7. The molecule has 80 valence electrons. The number of rotatable bonds is 2. The summed E-state index contributed by atoms with van der Waals surface area (Å²) in [5.41, 5.74) is 0. The van der Waals surface area contributed by atoms with Crippen molar-refractivity contribution >= 4 is 11.9 Å². The van der Waals surface area contributed by atoms with Crippen molar-refractivity contribution in [1.82, 2.24) is 15.5 Å². The van der Waals surface area contributed by atoms with E-state index in [1.165, 1.54) is 0 Å². The first-order valence-electron chi connectivity index (χ1n) is 4.99. The van der Waals surface area contributed by atoms with E-state index >= 15 is 0 Å². The maximum atomic E-state index is 11.5. The van der Waals surface area contributed by atoms with Crippen LogP contribution in [0.25, 0.3) is 0 Å². The van der Waals surface area contributed by atoms with Crippen molar-refractivity contribution in [2.45, 2.75) is 26.3 Å². The highest BCUT2D eigenvalue weighted by molar-refractivity contribution is 5.87. The molecule has 0 bridgehead atoms. The predicted molar refractivity (Wildman–Crippen MR) is 52.9 cm³/mol. The van der Waals surface area contributed by atoms with Crippen molar-refractivity contribution in [2.75, 3.05) is 19.6 Å². The number of hydrogen-bond acceptors (Lipinski definition) is 2. The van der Waals surface area contributed by atoms with Gasteiger partial charge in [-0.15, -0.1) is 0 Å². The zero-order chi connectivity index (χ0) is 10.6. The summed E-state index contributed by atoms with van der Waals surface area (Å²) in [6.45, 7) is 5.52. The minimum absolute atomic E-state index is 0.0806. The standard InChI is InChI=1S/C9H17N3O2/c1-3-4-11-9(14)12-6-5-10-8(13)7(12)2/h7H,3-6H2,1-2H3,(H,10,13)(H,11,14). The fourth-order valence-corrected chi connectivity index (χ4v) is 1.39. The first-order valence-corrected chi connectivity index (χ1v) is 4.99. The molecular formula is C9H17N3O2.